The molecule has 0 bridgehead atoms. The predicted molar refractivity (Wildman–Crippen MR) is 143 cm³/mol. The van der Waals surface area contributed by atoms with Crippen LogP contribution in [0.3, 0.4) is 0 Å². The van der Waals surface area contributed by atoms with Crippen molar-refractivity contribution < 1.29 is 24.4 Å². The third kappa shape index (κ3) is 5.72. The van der Waals surface area contributed by atoms with Gasteiger partial charge in [-0.1, -0.05) is 67.4 Å². The summed E-state index contributed by atoms with van der Waals surface area (Å²) in [6, 6.07) is 12.6. The quantitative estimate of drug-likeness (QED) is 0.258. The number of amides is 4. The number of hydrogen-bond acceptors (Lipinski definition) is 5. The third-order valence-electron chi connectivity index (χ3n) is 7.24. The van der Waals surface area contributed by atoms with Crippen molar-refractivity contribution in [3.05, 3.63) is 69.2 Å². The summed E-state index contributed by atoms with van der Waals surface area (Å²) in [5.41, 5.74) is 0.495. The van der Waals surface area contributed by atoms with E-state index in [-0.39, 0.29) is 52.5 Å². The molecule has 2 aliphatic rings. The van der Waals surface area contributed by atoms with E-state index >= 15 is 0 Å². The molecule has 202 valence electrons. The van der Waals surface area contributed by atoms with Gasteiger partial charge in [-0.25, -0.2) is 5.06 Å². The molecule has 10 heteroatoms. The minimum atomic E-state index is -0.897. The molecule has 1 N–H and O–H groups in total. The molecular formula is C28H31Cl2N3O5. The summed E-state index contributed by atoms with van der Waals surface area (Å²) >= 11 is 12.0. The summed E-state index contributed by atoms with van der Waals surface area (Å²) in [4.78, 5) is 54.8. The van der Waals surface area contributed by atoms with E-state index in [2.05, 4.69) is 0 Å². The first-order valence-corrected chi connectivity index (χ1v) is 13.5. The van der Waals surface area contributed by atoms with Gasteiger partial charge in [0, 0.05) is 26.1 Å². The maximum Gasteiger partial charge on any atom is 0.261 e. The summed E-state index contributed by atoms with van der Waals surface area (Å²) in [6.45, 7) is 4.63. The Morgan fingerprint density at radius 1 is 1.03 bits per heavy atom. The Bertz CT molecular complexity index is 1210. The van der Waals surface area contributed by atoms with Gasteiger partial charge >= 0.3 is 0 Å². The second-order valence-corrected chi connectivity index (χ2v) is 11.2. The Morgan fingerprint density at radius 2 is 1.63 bits per heavy atom. The number of fused-ring (bicyclic) bond motifs is 1. The topological polar surface area (TPSA) is 98.2 Å². The molecule has 0 saturated carbocycles. The second kappa shape index (κ2) is 11.4. The average Bonchev–Trinajstić information content (AvgIpc) is 3.29. The SMILES string of the molecule is CC(C)CC1(CC(=O)N(O)CCN2C(=O)c3cc(Cl)c(Cl)cc3C2=O)CCN(CCc2ccccc2)C1=O. The summed E-state index contributed by atoms with van der Waals surface area (Å²) < 4.78 is 0. The van der Waals surface area contributed by atoms with Crippen molar-refractivity contribution in [2.24, 2.45) is 11.3 Å². The monoisotopic (exact) mass is 559 g/mol. The molecule has 8 nitrogen and oxygen atoms in total. The Kier molecular flexibility index (Phi) is 8.45. The Labute approximate surface area is 232 Å². The number of hydroxylamine groups is 2. The number of carbonyl (C=O) groups is 4. The molecule has 0 aromatic heterocycles. The van der Waals surface area contributed by atoms with Crippen molar-refractivity contribution in [1.29, 1.82) is 0 Å². The van der Waals surface area contributed by atoms with Crippen molar-refractivity contribution in [1.82, 2.24) is 14.9 Å². The van der Waals surface area contributed by atoms with Gasteiger partial charge < -0.3 is 4.90 Å². The van der Waals surface area contributed by atoms with Crippen LogP contribution < -0.4 is 0 Å². The van der Waals surface area contributed by atoms with Gasteiger partial charge in [-0.2, -0.15) is 0 Å². The normalized spacial score (nSPS) is 19.1. The number of imide groups is 1. The Hall–Kier alpha value is -2.94. The molecular weight excluding hydrogens is 529 g/mol. The maximum absolute atomic E-state index is 13.5. The lowest BCUT2D eigenvalue weighted by molar-refractivity contribution is -0.170. The lowest BCUT2D eigenvalue weighted by Crippen LogP contribution is -2.43. The average molecular weight is 560 g/mol. The van der Waals surface area contributed by atoms with Crippen LogP contribution in [0.25, 0.3) is 0 Å². The van der Waals surface area contributed by atoms with Crippen LogP contribution in [-0.4, -0.2) is 69.9 Å². The van der Waals surface area contributed by atoms with Crippen LogP contribution in [0.1, 0.15) is 59.4 Å². The van der Waals surface area contributed by atoms with Gasteiger partial charge in [0.2, 0.25) is 11.8 Å². The van der Waals surface area contributed by atoms with Crippen molar-refractivity contribution in [3.63, 3.8) is 0 Å². The fourth-order valence-electron chi connectivity index (χ4n) is 5.41. The largest absolute Gasteiger partial charge is 0.342 e. The number of nitrogens with zero attached hydrogens (tertiary/aromatic N) is 3. The van der Waals surface area contributed by atoms with Gasteiger partial charge in [-0.05, 0) is 42.9 Å². The first kappa shape index (κ1) is 28.1. The van der Waals surface area contributed by atoms with E-state index in [4.69, 9.17) is 23.2 Å². The molecule has 2 aromatic carbocycles. The highest BCUT2D eigenvalue weighted by Gasteiger charge is 2.48. The predicted octanol–water partition coefficient (Wildman–Crippen LogP) is 4.70. The van der Waals surface area contributed by atoms with Crippen LogP contribution in [0.5, 0.6) is 0 Å². The standard InChI is InChI=1S/C28H31Cl2N3O5/c1-18(2)16-28(9-11-31(27(28)37)10-8-19-6-4-3-5-7-19)17-24(34)33(38)13-12-32-25(35)20-14-22(29)23(30)15-21(20)26(32)36/h3-7,14-15,18,38H,8-13,16-17H2,1-2H3. The summed E-state index contributed by atoms with van der Waals surface area (Å²) in [7, 11) is 0. The number of carbonyl (C=O) groups excluding carboxylic acids is 4. The zero-order chi connectivity index (χ0) is 27.6. The molecule has 2 aliphatic heterocycles. The second-order valence-electron chi connectivity index (χ2n) is 10.4. The van der Waals surface area contributed by atoms with E-state index < -0.39 is 23.1 Å². The van der Waals surface area contributed by atoms with E-state index in [1.54, 1.807) is 4.90 Å². The smallest absolute Gasteiger partial charge is 0.261 e. The highest BCUT2D eigenvalue weighted by molar-refractivity contribution is 6.43. The summed E-state index contributed by atoms with van der Waals surface area (Å²) in [5, 5.41) is 11.4. The van der Waals surface area contributed by atoms with Crippen molar-refractivity contribution in [3.8, 4) is 0 Å². The highest BCUT2D eigenvalue weighted by Crippen LogP contribution is 2.41. The van der Waals surface area contributed by atoms with Crippen molar-refractivity contribution in [2.45, 2.75) is 39.5 Å². The number of likely N-dealkylation sites (tertiary alicyclic amines) is 1. The molecule has 2 heterocycles. The van der Waals surface area contributed by atoms with Crippen LogP contribution in [0.15, 0.2) is 42.5 Å². The highest BCUT2D eigenvalue weighted by atomic mass is 35.5. The number of benzene rings is 2. The molecule has 0 spiro atoms. The number of hydrogen-bond donors (Lipinski definition) is 1. The van der Waals surface area contributed by atoms with Crippen LogP contribution in [0.2, 0.25) is 10.0 Å². The van der Waals surface area contributed by atoms with E-state index in [0.717, 1.165) is 16.9 Å². The Balaban J connectivity index is 1.38. The number of rotatable bonds is 10. The van der Waals surface area contributed by atoms with E-state index in [9.17, 15) is 24.4 Å². The molecule has 2 aromatic rings. The van der Waals surface area contributed by atoms with Gasteiger partial charge in [0.05, 0.1) is 33.1 Å². The molecule has 4 rings (SSSR count). The first-order chi connectivity index (χ1) is 18.0. The molecule has 0 aliphatic carbocycles. The van der Waals surface area contributed by atoms with Gasteiger partial charge in [-0.15, -0.1) is 0 Å². The van der Waals surface area contributed by atoms with Gasteiger partial charge in [0.1, 0.15) is 0 Å². The zero-order valence-corrected chi connectivity index (χ0v) is 23.0. The van der Waals surface area contributed by atoms with Gasteiger partial charge in [0.15, 0.2) is 0 Å². The maximum atomic E-state index is 13.5. The first-order valence-electron chi connectivity index (χ1n) is 12.7. The van der Waals surface area contributed by atoms with Gasteiger partial charge in [-0.3, -0.25) is 29.3 Å². The lowest BCUT2D eigenvalue weighted by Gasteiger charge is -2.30. The van der Waals surface area contributed by atoms with Crippen LogP contribution in [-0.2, 0) is 16.0 Å². The van der Waals surface area contributed by atoms with Gasteiger partial charge in [0.25, 0.3) is 11.8 Å². The van der Waals surface area contributed by atoms with E-state index in [1.165, 1.54) is 12.1 Å². The minimum Gasteiger partial charge on any atom is -0.342 e. The van der Waals surface area contributed by atoms with Crippen LogP contribution in [0.4, 0.5) is 0 Å². The summed E-state index contributed by atoms with van der Waals surface area (Å²) in [5.74, 6) is -1.66. The molecule has 4 amide bonds. The third-order valence-corrected chi connectivity index (χ3v) is 7.96. The van der Waals surface area contributed by atoms with Crippen molar-refractivity contribution in [2.75, 3.05) is 26.2 Å². The summed E-state index contributed by atoms with van der Waals surface area (Å²) in [6.07, 6.45) is 1.63. The lowest BCUT2D eigenvalue weighted by atomic mass is 9.75. The van der Waals surface area contributed by atoms with Crippen LogP contribution >= 0.6 is 23.2 Å². The van der Waals surface area contributed by atoms with Crippen molar-refractivity contribution >= 4 is 46.8 Å². The van der Waals surface area contributed by atoms with E-state index in [1.807, 2.05) is 44.2 Å². The molecule has 1 atom stereocenters. The fourth-order valence-corrected chi connectivity index (χ4v) is 5.74. The number of halogens is 2. The van der Waals surface area contributed by atoms with E-state index in [0.29, 0.717) is 31.0 Å². The van der Waals surface area contributed by atoms with Crippen LogP contribution in [0, 0.1) is 11.3 Å². The molecule has 1 unspecified atom stereocenters. The Morgan fingerprint density at radius 3 is 2.21 bits per heavy atom. The zero-order valence-electron chi connectivity index (χ0n) is 21.5. The molecule has 1 fully saturated rings. The molecule has 1 saturated heterocycles. The fraction of sp³-hybridized carbons (Fsp3) is 0.429. The molecule has 0 radical (unpaired) electrons. The molecule has 38 heavy (non-hydrogen) atoms. The minimum absolute atomic E-state index is 0.0713.